The molecular weight excluding hydrogens is 246 g/mol. The van der Waals surface area contributed by atoms with Crippen LogP contribution in [0.3, 0.4) is 0 Å². The molecule has 1 N–H and O–H groups in total. The predicted octanol–water partition coefficient (Wildman–Crippen LogP) is 2.73. The van der Waals surface area contributed by atoms with Gasteiger partial charge in [-0.3, -0.25) is 4.98 Å². The number of benzene rings is 1. The van der Waals surface area contributed by atoms with Crippen molar-refractivity contribution in [2.75, 3.05) is 31.1 Å². The molecule has 0 saturated carbocycles. The number of hydrogen-bond donors (Lipinski definition) is 1. The highest BCUT2D eigenvalue weighted by Gasteiger charge is 2.40. The number of anilines is 1. The average molecular weight is 267 g/mol. The normalized spacial score (nSPS) is 25.9. The van der Waals surface area contributed by atoms with E-state index in [2.05, 4.69) is 52.5 Å². The number of fused-ring (bicyclic) bond motifs is 1. The Hall–Kier alpha value is -1.61. The molecular formula is C17H21N3. The summed E-state index contributed by atoms with van der Waals surface area (Å²) < 4.78 is 0. The quantitative estimate of drug-likeness (QED) is 0.861. The summed E-state index contributed by atoms with van der Waals surface area (Å²) in [7, 11) is 0. The molecule has 0 amide bonds. The van der Waals surface area contributed by atoms with E-state index >= 15 is 0 Å². The van der Waals surface area contributed by atoms with Gasteiger partial charge < -0.3 is 10.2 Å². The smallest absolute Gasteiger partial charge is 0.0726 e. The summed E-state index contributed by atoms with van der Waals surface area (Å²) in [5, 5.41) is 4.83. The number of para-hydroxylation sites is 1. The molecule has 1 aromatic carbocycles. The van der Waals surface area contributed by atoms with E-state index in [0.717, 1.165) is 11.2 Å². The van der Waals surface area contributed by atoms with Crippen LogP contribution in [0.15, 0.2) is 30.3 Å². The summed E-state index contributed by atoms with van der Waals surface area (Å²) in [4.78, 5) is 7.23. The molecule has 1 spiro atoms. The van der Waals surface area contributed by atoms with Crippen molar-refractivity contribution in [2.45, 2.75) is 19.8 Å². The number of aryl methyl sites for hydroxylation is 1. The van der Waals surface area contributed by atoms with Gasteiger partial charge in [0.25, 0.3) is 0 Å². The second-order valence-corrected chi connectivity index (χ2v) is 6.40. The van der Waals surface area contributed by atoms with E-state index in [1.807, 2.05) is 0 Å². The lowest BCUT2D eigenvalue weighted by Crippen LogP contribution is -2.29. The van der Waals surface area contributed by atoms with Crippen molar-refractivity contribution in [1.82, 2.24) is 10.3 Å². The van der Waals surface area contributed by atoms with Crippen molar-refractivity contribution in [3.63, 3.8) is 0 Å². The summed E-state index contributed by atoms with van der Waals surface area (Å²) >= 11 is 0. The Balaban J connectivity index is 1.75. The van der Waals surface area contributed by atoms with Crippen LogP contribution in [0.2, 0.25) is 0 Å². The topological polar surface area (TPSA) is 28.2 Å². The first-order chi connectivity index (χ1) is 9.76. The van der Waals surface area contributed by atoms with Gasteiger partial charge in [0.1, 0.15) is 0 Å². The Kier molecular flexibility index (Phi) is 2.71. The van der Waals surface area contributed by atoms with Crippen LogP contribution in [0.1, 0.15) is 18.5 Å². The second kappa shape index (κ2) is 4.45. The Morgan fingerprint density at radius 3 is 3.00 bits per heavy atom. The fraction of sp³-hybridized carbons (Fsp3) is 0.471. The van der Waals surface area contributed by atoms with E-state index in [9.17, 15) is 0 Å². The molecule has 1 atom stereocenters. The predicted molar refractivity (Wildman–Crippen MR) is 83.2 cm³/mol. The standard InChI is InChI=1S/C17H21N3/c1-13-10-16(14-4-2-3-5-15(14)19-13)20-9-7-17(12-20)6-8-18-11-17/h2-5,10,18H,6-9,11-12H2,1H3. The van der Waals surface area contributed by atoms with E-state index in [0.29, 0.717) is 5.41 Å². The van der Waals surface area contributed by atoms with Crippen molar-refractivity contribution in [3.8, 4) is 0 Å². The minimum atomic E-state index is 0.512. The van der Waals surface area contributed by atoms with Crippen LogP contribution in [-0.4, -0.2) is 31.2 Å². The van der Waals surface area contributed by atoms with E-state index in [1.165, 1.54) is 50.1 Å². The first-order valence-electron chi connectivity index (χ1n) is 7.58. The summed E-state index contributed by atoms with van der Waals surface area (Å²) in [5.41, 5.74) is 4.12. The van der Waals surface area contributed by atoms with Crippen molar-refractivity contribution in [2.24, 2.45) is 5.41 Å². The second-order valence-electron chi connectivity index (χ2n) is 6.40. The third-order valence-electron chi connectivity index (χ3n) is 4.93. The van der Waals surface area contributed by atoms with E-state index in [1.54, 1.807) is 0 Å². The zero-order chi connectivity index (χ0) is 13.6. The molecule has 0 bridgehead atoms. The van der Waals surface area contributed by atoms with Crippen LogP contribution in [-0.2, 0) is 0 Å². The van der Waals surface area contributed by atoms with E-state index in [-0.39, 0.29) is 0 Å². The molecule has 1 aromatic heterocycles. The van der Waals surface area contributed by atoms with Gasteiger partial charge in [-0.05, 0) is 38.4 Å². The molecule has 2 aliphatic heterocycles. The van der Waals surface area contributed by atoms with E-state index in [4.69, 9.17) is 0 Å². The van der Waals surface area contributed by atoms with Crippen molar-refractivity contribution in [1.29, 1.82) is 0 Å². The molecule has 2 fully saturated rings. The van der Waals surface area contributed by atoms with Crippen molar-refractivity contribution < 1.29 is 0 Å². The first kappa shape index (κ1) is 12.2. The number of rotatable bonds is 1. The summed E-state index contributed by atoms with van der Waals surface area (Å²) in [5.74, 6) is 0. The van der Waals surface area contributed by atoms with Gasteiger partial charge in [0.2, 0.25) is 0 Å². The molecule has 2 aliphatic rings. The van der Waals surface area contributed by atoms with Gasteiger partial charge >= 0.3 is 0 Å². The van der Waals surface area contributed by atoms with Gasteiger partial charge in [0.15, 0.2) is 0 Å². The van der Waals surface area contributed by atoms with Crippen LogP contribution in [0, 0.1) is 12.3 Å². The molecule has 2 saturated heterocycles. The number of nitrogens with one attached hydrogen (secondary N) is 1. The van der Waals surface area contributed by atoms with Gasteiger partial charge in [-0.1, -0.05) is 18.2 Å². The number of pyridine rings is 1. The molecule has 0 aliphatic carbocycles. The monoisotopic (exact) mass is 267 g/mol. The molecule has 20 heavy (non-hydrogen) atoms. The molecule has 3 nitrogen and oxygen atoms in total. The van der Waals surface area contributed by atoms with Gasteiger partial charge in [-0.25, -0.2) is 0 Å². The lowest BCUT2D eigenvalue weighted by atomic mass is 9.86. The van der Waals surface area contributed by atoms with Crippen LogP contribution in [0.5, 0.6) is 0 Å². The third-order valence-corrected chi connectivity index (χ3v) is 4.93. The van der Waals surface area contributed by atoms with Crippen LogP contribution < -0.4 is 10.2 Å². The fourth-order valence-corrected chi connectivity index (χ4v) is 3.83. The maximum absolute atomic E-state index is 4.66. The van der Waals surface area contributed by atoms with Crippen LogP contribution in [0.4, 0.5) is 5.69 Å². The highest BCUT2D eigenvalue weighted by molar-refractivity contribution is 5.92. The van der Waals surface area contributed by atoms with Crippen molar-refractivity contribution >= 4 is 16.6 Å². The summed E-state index contributed by atoms with van der Waals surface area (Å²) in [6, 6.07) is 10.8. The van der Waals surface area contributed by atoms with Gasteiger partial charge in [-0.2, -0.15) is 0 Å². The Bertz CT molecular complexity index is 644. The zero-order valence-corrected chi connectivity index (χ0v) is 12.0. The highest BCUT2D eigenvalue weighted by Crippen LogP contribution is 2.40. The van der Waals surface area contributed by atoms with Gasteiger partial charge in [-0.15, -0.1) is 0 Å². The maximum Gasteiger partial charge on any atom is 0.0726 e. The molecule has 3 heterocycles. The van der Waals surface area contributed by atoms with Gasteiger partial charge in [0, 0.05) is 41.8 Å². The minimum Gasteiger partial charge on any atom is -0.370 e. The molecule has 4 rings (SSSR count). The molecule has 104 valence electrons. The third kappa shape index (κ3) is 1.88. The minimum absolute atomic E-state index is 0.512. The Labute approximate surface area is 120 Å². The fourth-order valence-electron chi connectivity index (χ4n) is 3.83. The lowest BCUT2D eigenvalue weighted by molar-refractivity contribution is 0.369. The highest BCUT2D eigenvalue weighted by atomic mass is 15.2. The first-order valence-corrected chi connectivity index (χ1v) is 7.58. The number of aromatic nitrogens is 1. The van der Waals surface area contributed by atoms with Gasteiger partial charge in [0.05, 0.1) is 5.52 Å². The lowest BCUT2D eigenvalue weighted by Gasteiger charge is -2.25. The molecule has 0 radical (unpaired) electrons. The van der Waals surface area contributed by atoms with E-state index < -0.39 is 0 Å². The summed E-state index contributed by atoms with van der Waals surface area (Å²) in [6.07, 6.45) is 2.64. The molecule has 2 aromatic rings. The summed E-state index contributed by atoms with van der Waals surface area (Å²) in [6.45, 7) is 6.83. The Morgan fingerprint density at radius 2 is 2.15 bits per heavy atom. The number of hydrogen-bond acceptors (Lipinski definition) is 3. The average Bonchev–Trinajstić information content (AvgIpc) is 3.09. The SMILES string of the molecule is Cc1cc(N2CCC3(CCNC3)C2)c2ccccc2n1. The Morgan fingerprint density at radius 1 is 1.25 bits per heavy atom. The van der Waals surface area contributed by atoms with Crippen molar-refractivity contribution in [3.05, 3.63) is 36.0 Å². The molecule has 3 heteroatoms. The van der Waals surface area contributed by atoms with Crippen LogP contribution >= 0.6 is 0 Å². The number of nitrogens with zero attached hydrogens (tertiary/aromatic N) is 2. The molecule has 1 unspecified atom stereocenters. The largest absolute Gasteiger partial charge is 0.370 e. The van der Waals surface area contributed by atoms with Crippen LogP contribution in [0.25, 0.3) is 10.9 Å². The zero-order valence-electron chi connectivity index (χ0n) is 12.0. The maximum atomic E-state index is 4.66.